The van der Waals surface area contributed by atoms with Gasteiger partial charge >= 0.3 is 5.97 Å². The summed E-state index contributed by atoms with van der Waals surface area (Å²) in [6.45, 7) is 3.54. The second kappa shape index (κ2) is 4.09. The van der Waals surface area contributed by atoms with E-state index in [1.54, 1.807) is 19.1 Å². The van der Waals surface area contributed by atoms with Crippen LogP contribution >= 0.6 is 0 Å². The quantitative estimate of drug-likeness (QED) is 0.735. The minimum atomic E-state index is -0.896. The average Bonchev–Trinajstić information content (AvgIpc) is 2.45. The molecule has 1 aliphatic rings. The molecule has 1 heterocycles. The lowest BCUT2D eigenvalue weighted by atomic mass is 10.2. The summed E-state index contributed by atoms with van der Waals surface area (Å²) in [4.78, 5) is 23.4. The molecule has 0 saturated carbocycles. The van der Waals surface area contributed by atoms with Crippen LogP contribution in [-0.4, -0.2) is 27.9 Å². The summed E-state index contributed by atoms with van der Waals surface area (Å²) in [6.07, 6.45) is 4.90. The molecule has 4 heteroatoms. The van der Waals surface area contributed by atoms with Crippen LogP contribution in [-0.2, 0) is 9.59 Å². The summed E-state index contributed by atoms with van der Waals surface area (Å²) in [7, 11) is 0. The molecule has 0 bridgehead atoms. The summed E-state index contributed by atoms with van der Waals surface area (Å²) >= 11 is 0. The van der Waals surface area contributed by atoms with Crippen LogP contribution in [0.5, 0.6) is 0 Å². The van der Waals surface area contributed by atoms with Crippen LogP contribution in [0.2, 0.25) is 0 Å². The summed E-state index contributed by atoms with van der Waals surface area (Å²) in [5, 5.41) is 8.61. The Kier molecular flexibility index (Phi) is 3.06. The Morgan fingerprint density at radius 2 is 2.29 bits per heavy atom. The molecule has 0 aromatic carbocycles. The van der Waals surface area contributed by atoms with E-state index in [0.717, 1.165) is 5.70 Å². The Balaban J connectivity index is 2.76. The minimum Gasteiger partial charge on any atom is -0.481 e. The van der Waals surface area contributed by atoms with Crippen LogP contribution in [0.3, 0.4) is 0 Å². The molecule has 0 radical (unpaired) electrons. The number of hydrogen-bond donors (Lipinski definition) is 1. The van der Waals surface area contributed by atoms with Crippen molar-refractivity contribution in [3.63, 3.8) is 0 Å². The number of amides is 1. The van der Waals surface area contributed by atoms with E-state index < -0.39 is 5.97 Å². The van der Waals surface area contributed by atoms with Crippen molar-refractivity contribution in [3.8, 4) is 0 Å². The van der Waals surface area contributed by atoms with Crippen LogP contribution in [0, 0.1) is 0 Å². The van der Waals surface area contributed by atoms with Gasteiger partial charge in [0, 0.05) is 17.8 Å². The highest BCUT2D eigenvalue weighted by Crippen LogP contribution is 2.19. The maximum Gasteiger partial charge on any atom is 0.305 e. The van der Waals surface area contributed by atoms with E-state index in [1.807, 2.05) is 6.92 Å². The highest BCUT2D eigenvalue weighted by atomic mass is 16.4. The largest absolute Gasteiger partial charge is 0.481 e. The van der Waals surface area contributed by atoms with Crippen LogP contribution in [0.1, 0.15) is 20.3 Å². The topological polar surface area (TPSA) is 57.6 Å². The molecular formula is C10H13NO3. The number of carboxylic acids is 1. The standard InChI is InChI=1S/C10H13NO3/c1-3-8-4-5-9(12)11(8)7(2)6-10(13)14/h3-5,7H,6H2,1-2H3,(H,13,14). The molecule has 1 unspecified atom stereocenters. The summed E-state index contributed by atoms with van der Waals surface area (Å²) in [5.41, 5.74) is 0.767. The normalized spacial score (nSPS) is 20.6. The molecule has 0 aromatic heterocycles. The summed E-state index contributed by atoms with van der Waals surface area (Å²) < 4.78 is 0. The molecular weight excluding hydrogens is 182 g/mol. The lowest BCUT2D eigenvalue weighted by molar-refractivity contribution is -0.138. The van der Waals surface area contributed by atoms with E-state index in [1.165, 1.54) is 11.0 Å². The average molecular weight is 195 g/mol. The van der Waals surface area contributed by atoms with E-state index in [2.05, 4.69) is 0 Å². The number of carbonyl (C=O) groups excluding carboxylic acids is 1. The Hall–Kier alpha value is -1.58. The Morgan fingerprint density at radius 1 is 1.64 bits per heavy atom. The molecule has 0 aromatic rings. The van der Waals surface area contributed by atoms with Crippen molar-refractivity contribution in [1.29, 1.82) is 0 Å². The van der Waals surface area contributed by atoms with Crippen molar-refractivity contribution in [2.75, 3.05) is 0 Å². The fraction of sp³-hybridized carbons (Fsp3) is 0.400. The van der Waals surface area contributed by atoms with Gasteiger partial charge in [-0.15, -0.1) is 0 Å². The van der Waals surface area contributed by atoms with Gasteiger partial charge in [0.05, 0.1) is 6.42 Å². The van der Waals surface area contributed by atoms with Crippen molar-refractivity contribution in [2.45, 2.75) is 26.3 Å². The number of carboxylic acid groups (broad SMARTS) is 1. The van der Waals surface area contributed by atoms with Gasteiger partial charge in [-0.25, -0.2) is 0 Å². The van der Waals surface area contributed by atoms with Crippen molar-refractivity contribution < 1.29 is 14.7 Å². The third-order valence-corrected chi connectivity index (χ3v) is 2.12. The van der Waals surface area contributed by atoms with Crippen LogP contribution in [0.4, 0.5) is 0 Å². The Labute approximate surface area is 82.5 Å². The monoisotopic (exact) mass is 195 g/mol. The van der Waals surface area contributed by atoms with Gasteiger partial charge in [0.15, 0.2) is 0 Å². The van der Waals surface area contributed by atoms with Crippen molar-refractivity contribution in [3.05, 3.63) is 23.9 Å². The number of carbonyl (C=O) groups is 2. The predicted molar refractivity (Wildman–Crippen MR) is 51.5 cm³/mol. The molecule has 4 nitrogen and oxygen atoms in total. The molecule has 1 amide bonds. The molecule has 14 heavy (non-hydrogen) atoms. The molecule has 0 fully saturated rings. The lowest BCUT2D eigenvalue weighted by Gasteiger charge is -2.24. The zero-order chi connectivity index (χ0) is 10.7. The smallest absolute Gasteiger partial charge is 0.305 e. The van der Waals surface area contributed by atoms with Gasteiger partial charge in [-0.2, -0.15) is 0 Å². The zero-order valence-electron chi connectivity index (χ0n) is 8.23. The van der Waals surface area contributed by atoms with Crippen LogP contribution in [0.15, 0.2) is 23.9 Å². The van der Waals surface area contributed by atoms with Crippen molar-refractivity contribution in [1.82, 2.24) is 4.90 Å². The van der Waals surface area contributed by atoms with Crippen molar-refractivity contribution >= 4 is 11.9 Å². The van der Waals surface area contributed by atoms with Crippen molar-refractivity contribution in [2.24, 2.45) is 0 Å². The van der Waals surface area contributed by atoms with E-state index in [-0.39, 0.29) is 18.4 Å². The second-order valence-corrected chi connectivity index (χ2v) is 3.20. The van der Waals surface area contributed by atoms with E-state index in [0.29, 0.717) is 0 Å². The number of rotatable bonds is 3. The summed E-state index contributed by atoms with van der Waals surface area (Å²) in [6, 6.07) is -0.304. The first-order valence-corrected chi connectivity index (χ1v) is 4.45. The molecule has 0 spiro atoms. The maximum atomic E-state index is 11.4. The van der Waals surface area contributed by atoms with Gasteiger partial charge in [0.2, 0.25) is 0 Å². The van der Waals surface area contributed by atoms with Gasteiger partial charge in [0.1, 0.15) is 0 Å². The van der Waals surface area contributed by atoms with E-state index in [9.17, 15) is 9.59 Å². The summed E-state index contributed by atoms with van der Waals surface area (Å²) in [5.74, 6) is -1.04. The molecule has 0 saturated heterocycles. The molecule has 0 aliphatic carbocycles. The third-order valence-electron chi connectivity index (χ3n) is 2.12. The number of allylic oxidation sites excluding steroid dienone is 2. The second-order valence-electron chi connectivity index (χ2n) is 3.20. The molecule has 1 N–H and O–H groups in total. The Morgan fingerprint density at radius 3 is 2.79 bits per heavy atom. The van der Waals surface area contributed by atoms with Gasteiger partial charge in [0.25, 0.3) is 5.91 Å². The number of aliphatic carboxylic acids is 1. The van der Waals surface area contributed by atoms with Gasteiger partial charge in [-0.1, -0.05) is 6.08 Å². The fourth-order valence-electron chi connectivity index (χ4n) is 1.50. The van der Waals surface area contributed by atoms with E-state index >= 15 is 0 Å². The fourth-order valence-corrected chi connectivity index (χ4v) is 1.50. The zero-order valence-corrected chi connectivity index (χ0v) is 8.23. The third kappa shape index (κ3) is 2.02. The minimum absolute atomic E-state index is 0.0369. The molecule has 1 rings (SSSR count). The predicted octanol–water partition coefficient (Wildman–Crippen LogP) is 1.15. The first kappa shape index (κ1) is 10.5. The van der Waals surface area contributed by atoms with Gasteiger partial charge in [-0.3, -0.25) is 9.59 Å². The maximum absolute atomic E-state index is 11.4. The first-order chi connectivity index (χ1) is 6.56. The first-order valence-electron chi connectivity index (χ1n) is 4.45. The SMILES string of the molecule is CC=C1C=CC(=O)N1C(C)CC(=O)O. The highest BCUT2D eigenvalue weighted by molar-refractivity contribution is 5.93. The molecule has 76 valence electrons. The Bertz CT molecular complexity index is 317. The van der Waals surface area contributed by atoms with Gasteiger partial charge in [-0.05, 0) is 19.9 Å². The molecule has 1 atom stereocenters. The lowest BCUT2D eigenvalue weighted by Crippen LogP contribution is -2.34. The van der Waals surface area contributed by atoms with Crippen LogP contribution < -0.4 is 0 Å². The van der Waals surface area contributed by atoms with E-state index in [4.69, 9.17) is 5.11 Å². The molecule has 1 aliphatic heterocycles. The number of nitrogens with zero attached hydrogens (tertiary/aromatic N) is 1. The highest BCUT2D eigenvalue weighted by Gasteiger charge is 2.26. The van der Waals surface area contributed by atoms with Crippen LogP contribution in [0.25, 0.3) is 0 Å². The van der Waals surface area contributed by atoms with Gasteiger partial charge < -0.3 is 10.0 Å². The number of hydrogen-bond acceptors (Lipinski definition) is 2.